The Bertz CT molecular complexity index is 515. The summed E-state index contributed by atoms with van der Waals surface area (Å²) in [4.78, 5) is 22.6. The van der Waals surface area contributed by atoms with Crippen molar-refractivity contribution in [3.8, 4) is 0 Å². The van der Waals surface area contributed by atoms with Crippen LogP contribution in [0.4, 0.5) is 5.69 Å². The molecule has 3 rings (SSSR count). The molecule has 0 saturated heterocycles. The van der Waals surface area contributed by atoms with Gasteiger partial charge in [0.2, 0.25) is 5.91 Å². The van der Waals surface area contributed by atoms with Crippen LogP contribution in [0.1, 0.15) is 25.3 Å². The lowest BCUT2D eigenvalue weighted by Crippen LogP contribution is -2.21. The highest BCUT2D eigenvalue weighted by Gasteiger charge is 2.25. The average molecular weight is 233 g/mol. The van der Waals surface area contributed by atoms with Gasteiger partial charge in [0.15, 0.2) is 0 Å². The molecule has 0 radical (unpaired) electrons. The van der Waals surface area contributed by atoms with Crippen LogP contribution in [-0.4, -0.2) is 27.3 Å². The van der Waals surface area contributed by atoms with Crippen molar-refractivity contribution >= 4 is 23.2 Å². The van der Waals surface area contributed by atoms with Gasteiger partial charge in [-0.15, -0.1) is 0 Å². The molecule has 0 aromatic carbocycles. The van der Waals surface area contributed by atoms with Gasteiger partial charge in [0, 0.05) is 6.20 Å². The van der Waals surface area contributed by atoms with Crippen LogP contribution in [0.2, 0.25) is 0 Å². The zero-order chi connectivity index (χ0) is 11.8. The van der Waals surface area contributed by atoms with E-state index in [0.717, 1.165) is 12.8 Å². The lowest BCUT2D eigenvalue weighted by molar-refractivity contribution is -0.119. The van der Waals surface area contributed by atoms with Crippen molar-refractivity contribution in [2.24, 2.45) is 5.10 Å². The second kappa shape index (κ2) is 3.69. The zero-order valence-corrected chi connectivity index (χ0v) is 9.01. The SMILES string of the molecule is O=C1CC(C(=O)Nc2cnn(C3CC3)c2)=NN1. The monoisotopic (exact) mass is 233 g/mol. The second-order valence-corrected chi connectivity index (χ2v) is 4.16. The van der Waals surface area contributed by atoms with Crippen LogP contribution in [0.5, 0.6) is 0 Å². The second-order valence-electron chi connectivity index (χ2n) is 4.16. The van der Waals surface area contributed by atoms with Crippen LogP contribution >= 0.6 is 0 Å². The molecule has 0 spiro atoms. The molecule has 0 atom stereocenters. The van der Waals surface area contributed by atoms with Gasteiger partial charge in [-0.1, -0.05) is 0 Å². The predicted octanol–water partition coefficient (Wildman–Crippen LogP) is 0.0324. The molecule has 1 aromatic rings. The Balaban J connectivity index is 1.65. The number of hydrazone groups is 1. The van der Waals surface area contributed by atoms with Gasteiger partial charge in [-0.25, -0.2) is 5.43 Å². The summed E-state index contributed by atoms with van der Waals surface area (Å²) in [5.74, 6) is -0.623. The summed E-state index contributed by atoms with van der Waals surface area (Å²) in [5, 5.41) is 10.5. The van der Waals surface area contributed by atoms with Gasteiger partial charge in [-0.05, 0) is 12.8 Å². The lowest BCUT2D eigenvalue weighted by Gasteiger charge is -1.99. The van der Waals surface area contributed by atoms with E-state index in [2.05, 4.69) is 20.9 Å². The van der Waals surface area contributed by atoms with E-state index in [-0.39, 0.29) is 23.9 Å². The van der Waals surface area contributed by atoms with Gasteiger partial charge in [0.1, 0.15) is 5.71 Å². The van der Waals surface area contributed by atoms with E-state index in [4.69, 9.17) is 0 Å². The molecule has 0 bridgehead atoms. The number of amides is 2. The smallest absolute Gasteiger partial charge is 0.272 e. The average Bonchev–Trinajstić information content (AvgIpc) is 2.90. The maximum atomic E-state index is 11.7. The number of hydrogen-bond acceptors (Lipinski definition) is 4. The Morgan fingerprint density at radius 2 is 2.35 bits per heavy atom. The van der Waals surface area contributed by atoms with Crippen molar-refractivity contribution in [3.63, 3.8) is 0 Å². The van der Waals surface area contributed by atoms with Crippen LogP contribution in [0.3, 0.4) is 0 Å². The first-order valence-electron chi connectivity index (χ1n) is 5.43. The van der Waals surface area contributed by atoms with Crippen molar-refractivity contribution < 1.29 is 9.59 Å². The third-order valence-electron chi connectivity index (χ3n) is 2.69. The van der Waals surface area contributed by atoms with E-state index in [9.17, 15) is 9.59 Å². The van der Waals surface area contributed by atoms with E-state index < -0.39 is 0 Å². The first-order valence-corrected chi connectivity index (χ1v) is 5.43. The summed E-state index contributed by atoms with van der Waals surface area (Å²) in [6.07, 6.45) is 5.70. The van der Waals surface area contributed by atoms with E-state index >= 15 is 0 Å². The third-order valence-corrected chi connectivity index (χ3v) is 2.69. The Hall–Kier alpha value is -2.18. The molecular formula is C10H11N5O2. The van der Waals surface area contributed by atoms with Gasteiger partial charge in [-0.2, -0.15) is 10.2 Å². The van der Waals surface area contributed by atoms with Crippen molar-refractivity contribution in [2.45, 2.75) is 25.3 Å². The van der Waals surface area contributed by atoms with Crippen LogP contribution in [0, 0.1) is 0 Å². The number of rotatable bonds is 3. The van der Waals surface area contributed by atoms with Crippen LogP contribution in [0.25, 0.3) is 0 Å². The van der Waals surface area contributed by atoms with E-state index in [1.165, 1.54) is 0 Å². The van der Waals surface area contributed by atoms with Gasteiger partial charge >= 0.3 is 0 Å². The zero-order valence-electron chi connectivity index (χ0n) is 9.01. The standard InChI is InChI=1S/C10H11N5O2/c16-9-3-8(13-14-9)10(17)12-6-4-11-15(5-6)7-1-2-7/h4-5,7H,1-3H2,(H,12,17)(H,14,16). The van der Waals surface area contributed by atoms with Crippen molar-refractivity contribution in [3.05, 3.63) is 12.4 Å². The van der Waals surface area contributed by atoms with Crippen molar-refractivity contribution in [1.82, 2.24) is 15.2 Å². The van der Waals surface area contributed by atoms with E-state index in [0.29, 0.717) is 11.7 Å². The van der Waals surface area contributed by atoms with E-state index in [1.54, 1.807) is 12.4 Å². The number of aromatic nitrogens is 2. The summed E-state index contributed by atoms with van der Waals surface area (Å²) < 4.78 is 1.84. The van der Waals surface area contributed by atoms with Crippen LogP contribution < -0.4 is 10.7 Å². The molecule has 2 heterocycles. The maximum absolute atomic E-state index is 11.7. The first-order chi connectivity index (χ1) is 8.22. The number of carbonyl (C=O) groups excluding carboxylic acids is 2. The number of nitrogens with zero attached hydrogens (tertiary/aromatic N) is 3. The molecule has 1 saturated carbocycles. The summed E-state index contributed by atoms with van der Waals surface area (Å²) >= 11 is 0. The third kappa shape index (κ3) is 2.03. The molecule has 7 heteroatoms. The molecule has 2 N–H and O–H groups in total. The molecule has 7 nitrogen and oxygen atoms in total. The molecule has 0 unspecified atom stereocenters. The minimum absolute atomic E-state index is 0.0304. The number of hydrogen-bond donors (Lipinski definition) is 2. The molecule has 17 heavy (non-hydrogen) atoms. The highest BCUT2D eigenvalue weighted by molar-refractivity contribution is 6.46. The minimum atomic E-state index is -0.362. The summed E-state index contributed by atoms with van der Waals surface area (Å²) in [7, 11) is 0. The number of carbonyl (C=O) groups is 2. The number of anilines is 1. The quantitative estimate of drug-likeness (QED) is 0.772. The van der Waals surface area contributed by atoms with Gasteiger partial charge in [0.25, 0.3) is 5.91 Å². The Kier molecular flexibility index (Phi) is 2.17. The molecule has 2 aliphatic rings. The topological polar surface area (TPSA) is 88.4 Å². The fourth-order valence-electron chi connectivity index (χ4n) is 1.64. The van der Waals surface area contributed by atoms with E-state index in [1.807, 2.05) is 4.68 Å². The van der Waals surface area contributed by atoms with Gasteiger partial charge < -0.3 is 5.32 Å². The fraction of sp³-hybridized carbons (Fsp3) is 0.400. The maximum Gasteiger partial charge on any atom is 0.272 e. The lowest BCUT2D eigenvalue weighted by atomic mass is 10.2. The Morgan fingerprint density at radius 3 is 3.00 bits per heavy atom. The summed E-state index contributed by atoms with van der Waals surface area (Å²) in [6, 6.07) is 0.479. The van der Waals surface area contributed by atoms with Crippen LogP contribution in [-0.2, 0) is 9.59 Å². The van der Waals surface area contributed by atoms with Crippen molar-refractivity contribution in [2.75, 3.05) is 5.32 Å². The first kappa shape index (κ1) is 10.0. The fourth-order valence-corrected chi connectivity index (χ4v) is 1.64. The molecule has 1 aromatic heterocycles. The van der Waals surface area contributed by atoms with Gasteiger partial charge in [0.05, 0.1) is 24.3 Å². The normalized spacial score (nSPS) is 18.8. The predicted molar refractivity (Wildman–Crippen MR) is 59.3 cm³/mol. The molecular weight excluding hydrogens is 222 g/mol. The number of nitrogens with one attached hydrogen (secondary N) is 2. The summed E-state index contributed by atoms with van der Waals surface area (Å²) in [5.41, 5.74) is 3.07. The highest BCUT2D eigenvalue weighted by atomic mass is 16.2. The largest absolute Gasteiger partial charge is 0.318 e. The van der Waals surface area contributed by atoms with Crippen molar-refractivity contribution in [1.29, 1.82) is 0 Å². The van der Waals surface area contributed by atoms with Crippen LogP contribution in [0.15, 0.2) is 17.5 Å². The molecule has 88 valence electrons. The Labute approximate surface area is 96.9 Å². The summed E-state index contributed by atoms with van der Waals surface area (Å²) in [6.45, 7) is 0. The van der Waals surface area contributed by atoms with Gasteiger partial charge in [-0.3, -0.25) is 14.3 Å². The molecule has 1 fully saturated rings. The molecule has 2 amide bonds. The highest BCUT2D eigenvalue weighted by Crippen LogP contribution is 2.34. The molecule has 1 aliphatic carbocycles. The Morgan fingerprint density at radius 1 is 1.53 bits per heavy atom. The minimum Gasteiger partial charge on any atom is -0.318 e. The molecule has 1 aliphatic heterocycles.